The summed E-state index contributed by atoms with van der Waals surface area (Å²) >= 11 is 1.58. The molecule has 0 unspecified atom stereocenters. The number of amides is 1. The number of hydrogen-bond acceptors (Lipinski definition) is 5. The number of aromatic nitrogens is 1. The normalized spacial score (nSPS) is 11.0. The standard InChI is InChI=1S/C19H18N2O3S/c1-23-14-9-7-13(16(11-14)24-2)8-10-18(22)20-12-19-21-15-5-3-4-6-17(15)25-19/h3-11H,12H2,1-2H3,(H,20,22)/b10-8+. The minimum Gasteiger partial charge on any atom is -0.497 e. The van der Waals surface area contributed by atoms with Crippen LogP contribution in [0.1, 0.15) is 10.6 Å². The Labute approximate surface area is 149 Å². The SMILES string of the molecule is COc1ccc(/C=C/C(=O)NCc2nc3ccccc3s2)c(OC)c1. The third kappa shape index (κ3) is 4.16. The molecule has 0 spiro atoms. The first-order valence-corrected chi connectivity index (χ1v) is 8.53. The number of benzene rings is 2. The predicted octanol–water partition coefficient (Wildman–Crippen LogP) is 3.64. The highest BCUT2D eigenvalue weighted by molar-refractivity contribution is 7.18. The van der Waals surface area contributed by atoms with Gasteiger partial charge in [0.1, 0.15) is 16.5 Å². The molecule has 1 N–H and O–H groups in total. The van der Waals surface area contributed by atoms with Gasteiger partial charge in [-0.05, 0) is 30.3 Å². The molecule has 5 nitrogen and oxygen atoms in total. The molecule has 0 fully saturated rings. The second-order valence-electron chi connectivity index (χ2n) is 5.23. The zero-order chi connectivity index (χ0) is 17.6. The van der Waals surface area contributed by atoms with Gasteiger partial charge < -0.3 is 14.8 Å². The minimum absolute atomic E-state index is 0.183. The summed E-state index contributed by atoms with van der Waals surface area (Å²) in [6, 6.07) is 13.4. The summed E-state index contributed by atoms with van der Waals surface area (Å²) in [5.41, 5.74) is 1.76. The van der Waals surface area contributed by atoms with Crippen molar-refractivity contribution in [3.05, 3.63) is 59.1 Å². The lowest BCUT2D eigenvalue weighted by Gasteiger charge is -2.07. The molecule has 2 aromatic carbocycles. The number of hydrogen-bond donors (Lipinski definition) is 1. The van der Waals surface area contributed by atoms with E-state index in [0.29, 0.717) is 18.0 Å². The second kappa shape index (κ2) is 7.81. The first-order valence-electron chi connectivity index (χ1n) is 7.72. The molecule has 0 radical (unpaired) electrons. The lowest BCUT2D eigenvalue weighted by atomic mass is 10.1. The topological polar surface area (TPSA) is 60.5 Å². The van der Waals surface area contributed by atoms with E-state index in [9.17, 15) is 4.79 Å². The molecule has 1 aromatic heterocycles. The van der Waals surface area contributed by atoms with E-state index >= 15 is 0 Å². The van der Waals surface area contributed by atoms with Crippen LogP contribution in [0, 0.1) is 0 Å². The molecule has 25 heavy (non-hydrogen) atoms. The maximum Gasteiger partial charge on any atom is 0.244 e. The number of rotatable bonds is 6. The molecule has 0 saturated heterocycles. The summed E-state index contributed by atoms with van der Waals surface area (Å²) in [4.78, 5) is 16.5. The quantitative estimate of drug-likeness (QED) is 0.687. The number of nitrogens with one attached hydrogen (secondary N) is 1. The van der Waals surface area contributed by atoms with Crippen LogP contribution in [-0.4, -0.2) is 25.1 Å². The molecular weight excluding hydrogens is 336 g/mol. The molecule has 3 aromatic rings. The summed E-state index contributed by atoms with van der Waals surface area (Å²) in [5.74, 6) is 1.17. The van der Waals surface area contributed by atoms with Gasteiger partial charge in [-0.2, -0.15) is 0 Å². The molecule has 0 aliphatic heterocycles. The molecule has 0 atom stereocenters. The van der Waals surface area contributed by atoms with Crippen molar-refractivity contribution in [1.29, 1.82) is 0 Å². The van der Waals surface area contributed by atoms with E-state index in [1.807, 2.05) is 36.4 Å². The van der Waals surface area contributed by atoms with Gasteiger partial charge in [0.2, 0.25) is 5.91 Å². The van der Waals surface area contributed by atoms with Gasteiger partial charge >= 0.3 is 0 Å². The Morgan fingerprint density at radius 3 is 2.80 bits per heavy atom. The van der Waals surface area contributed by atoms with E-state index in [-0.39, 0.29) is 5.91 Å². The molecular formula is C19H18N2O3S. The van der Waals surface area contributed by atoms with Crippen molar-refractivity contribution in [3.8, 4) is 11.5 Å². The average molecular weight is 354 g/mol. The highest BCUT2D eigenvalue weighted by Gasteiger charge is 2.05. The van der Waals surface area contributed by atoms with Crippen molar-refractivity contribution in [2.45, 2.75) is 6.54 Å². The van der Waals surface area contributed by atoms with Crippen molar-refractivity contribution < 1.29 is 14.3 Å². The van der Waals surface area contributed by atoms with Gasteiger partial charge in [-0.15, -0.1) is 11.3 Å². The Hall–Kier alpha value is -2.86. The molecule has 0 aliphatic rings. The van der Waals surface area contributed by atoms with Crippen LogP contribution in [0.4, 0.5) is 0 Å². The Balaban J connectivity index is 1.63. The van der Waals surface area contributed by atoms with Crippen LogP contribution < -0.4 is 14.8 Å². The van der Waals surface area contributed by atoms with Crippen molar-refractivity contribution in [1.82, 2.24) is 10.3 Å². The third-order valence-corrected chi connectivity index (χ3v) is 4.64. The molecule has 1 heterocycles. The zero-order valence-electron chi connectivity index (χ0n) is 14.0. The number of methoxy groups -OCH3 is 2. The molecule has 0 saturated carbocycles. The Kier molecular flexibility index (Phi) is 5.30. The number of para-hydroxylation sites is 1. The number of fused-ring (bicyclic) bond motifs is 1. The molecule has 128 valence electrons. The van der Waals surface area contributed by atoms with Crippen molar-refractivity contribution in [2.75, 3.05) is 14.2 Å². The average Bonchev–Trinajstić information content (AvgIpc) is 3.07. The van der Waals surface area contributed by atoms with E-state index in [2.05, 4.69) is 10.3 Å². The number of thiazole rings is 1. The largest absolute Gasteiger partial charge is 0.497 e. The summed E-state index contributed by atoms with van der Waals surface area (Å²) in [6.07, 6.45) is 3.20. The number of carbonyl (C=O) groups excluding carboxylic acids is 1. The summed E-state index contributed by atoms with van der Waals surface area (Å²) in [6.45, 7) is 0.405. The van der Waals surface area contributed by atoms with E-state index < -0.39 is 0 Å². The molecule has 1 amide bonds. The van der Waals surface area contributed by atoms with Gasteiger partial charge in [0.05, 0.1) is 31.0 Å². The fraction of sp³-hybridized carbons (Fsp3) is 0.158. The first-order chi connectivity index (χ1) is 12.2. The lowest BCUT2D eigenvalue weighted by molar-refractivity contribution is -0.116. The number of carbonyl (C=O) groups is 1. The highest BCUT2D eigenvalue weighted by atomic mass is 32.1. The molecule has 3 rings (SSSR count). The summed E-state index contributed by atoms with van der Waals surface area (Å²) < 4.78 is 11.6. The van der Waals surface area contributed by atoms with Gasteiger partial charge in [0, 0.05) is 17.7 Å². The van der Waals surface area contributed by atoms with Gasteiger partial charge in [-0.1, -0.05) is 12.1 Å². The van der Waals surface area contributed by atoms with Crippen LogP contribution in [0.25, 0.3) is 16.3 Å². The smallest absolute Gasteiger partial charge is 0.244 e. The van der Waals surface area contributed by atoms with E-state index in [0.717, 1.165) is 20.8 Å². The monoisotopic (exact) mass is 354 g/mol. The van der Waals surface area contributed by atoms with Crippen molar-refractivity contribution in [2.24, 2.45) is 0 Å². The molecule has 6 heteroatoms. The van der Waals surface area contributed by atoms with Crippen LogP contribution in [0.2, 0.25) is 0 Å². The summed E-state index contributed by atoms with van der Waals surface area (Å²) in [5, 5.41) is 3.73. The Morgan fingerprint density at radius 1 is 1.20 bits per heavy atom. The van der Waals surface area contributed by atoms with Gasteiger partial charge in [-0.3, -0.25) is 4.79 Å². The maximum absolute atomic E-state index is 12.0. The number of nitrogens with zero attached hydrogens (tertiary/aromatic N) is 1. The van der Waals surface area contributed by atoms with Gasteiger partial charge in [0.25, 0.3) is 0 Å². The van der Waals surface area contributed by atoms with Crippen LogP contribution in [0.5, 0.6) is 11.5 Å². The summed E-state index contributed by atoms with van der Waals surface area (Å²) in [7, 11) is 3.18. The van der Waals surface area contributed by atoms with Crippen LogP contribution in [0.3, 0.4) is 0 Å². The minimum atomic E-state index is -0.183. The first kappa shape index (κ1) is 17.0. The van der Waals surface area contributed by atoms with Crippen LogP contribution >= 0.6 is 11.3 Å². The van der Waals surface area contributed by atoms with Crippen LogP contribution in [-0.2, 0) is 11.3 Å². The molecule has 0 aliphatic carbocycles. The van der Waals surface area contributed by atoms with Crippen molar-refractivity contribution >= 4 is 33.5 Å². The Morgan fingerprint density at radius 2 is 2.04 bits per heavy atom. The highest BCUT2D eigenvalue weighted by Crippen LogP contribution is 2.25. The number of ether oxygens (including phenoxy) is 2. The van der Waals surface area contributed by atoms with Crippen molar-refractivity contribution in [3.63, 3.8) is 0 Å². The predicted molar refractivity (Wildman–Crippen MR) is 100 cm³/mol. The van der Waals surface area contributed by atoms with E-state index in [1.165, 1.54) is 6.08 Å². The zero-order valence-corrected chi connectivity index (χ0v) is 14.8. The second-order valence-corrected chi connectivity index (χ2v) is 6.35. The molecule has 0 bridgehead atoms. The maximum atomic E-state index is 12.0. The van der Waals surface area contributed by atoms with Gasteiger partial charge in [0.15, 0.2) is 0 Å². The fourth-order valence-electron chi connectivity index (χ4n) is 2.34. The third-order valence-electron chi connectivity index (χ3n) is 3.61. The van der Waals surface area contributed by atoms with Crippen LogP contribution in [0.15, 0.2) is 48.5 Å². The fourth-order valence-corrected chi connectivity index (χ4v) is 3.25. The van der Waals surface area contributed by atoms with E-state index in [4.69, 9.17) is 9.47 Å². The van der Waals surface area contributed by atoms with E-state index in [1.54, 1.807) is 37.7 Å². The van der Waals surface area contributed by atoms with Gasteiger partial charge in [-0.25, -0.2) is 4.98 Å². The Bertz CT molecular complexity index is 885. The lowest BCUT2D eigenvalue weighted by Crippen LogP contribution is -2.20.